The van der Waals surface area contributed by atoms with E-state index in [1.165, 1.54) is 49.5 Å². The van der Waals surface area contributed by atoms with Crippen molar-refractivity contribution in [3.63, 3.8) is 0 Å². The van der Waals surface area contributed by atoms with Crippen molar-refractivity contribution in [2.45, 2.75) is 0 Å². The molecule has 8 rings (SSSR count). The summed E-state index contributed by atoms with van der Waals surface area (Å²) >= 11 is 0. The SMILES string of the molecule is CN(c1ccc(N(c2cccc(-c3ccccc3)c2)c2cccc(-c3ccccc3)c2)cc1)c1c2ccccc2cc2ccccc12. The summed E-state index contributed by atoms with van der Waals surface area (Å²) in [6.45, 7) is 0. The van der Waals surface area contributed by atoms with E-state index in [9.17, 15) is 0 Å². The number of rotatable bonds is 7. The molecule has 2 nitrogen and oxygen atoms in total. The second kappa shape index (κ2) is 12.3. The molecule has 0 fully saturated rings. The van der Waals surface area contributed by atoms with Gasteiger partial charge in [-0.15, -0.1) is 0 Å². The van der Waals surface area contributed by atoms with Crippen LogP contribution in [0, 0.1) is 0 Å². The Morgan fingerprint density at radius 1 is 0.319 bits per heavy atom. The molecule has 8 aromatic rings. The minimum absolute atomic E-state index is 1.10. The molecule has 0 bridgehead atoms. The zero-order chi connectivity index (χ0) is 31.6. The van der Waals surface area contributed by atoms with Crippen molar-refractivity contribution < 1.29 is 0 Å². The Hall–Kier alpha value is -6.12. The summed E-state index contributed by atoms with van der Waals surface area (Å²) < 4.78 is 0. The Bertz CT molecular complexity index is 2170. The number of hydrogen-bond acceptors (Lipinski definition) is 2. The van der Waals surface area contributed by atoms with Crippen molar-refractivity contribution in [3.8, 4) is 22.3 Å². The van der Waals surface area contributed by atoms with Gasteiger partial charge in [0.15, 0.2) is 0 Å². The molecular formula is C45H34N2. The van der Waals surface area contributed by atoms with Gasteiger partial charge in [-0.2, -0.15) is 0 Å². The molecule has 0 radical (unpaired) electrons. The highest BCUT2D eigenvalue weighted by Crippen LogP contribution is 2.41. The van der Waals surface area contributed by atoms with Crippen LogP contribution in [0.1, 0.15) is 0 Å². The number of hydrogen-bond donors (Lipinski definition) is 0. The number of anilines is 5. The molecule has 0 saturated carbocycles. The minimum Gasteiger partial charge on any atom is -0.344 e. The van der Waals surface area contributed by atoms with Gasteiger partial charge in [-0.05, 0) is 87.6 Å². The van der Waals surface area contributed by atoms with Crippen molar-refractivity contribution in [3.05, 3.63) is 188 Å². The lowest BCUT2D eigenvalue weighted by molar-refractivity contribution is 1.22. The molecule has 0 aliphatic carbocycles. The van der Waals surface area contributed by atoms with Crippen molar-refractivity contribution >= 4 is 50.0 Å². The second-order valence-electron chi connectivity index (χ2n) is 11.9. The van der Waals surface area contributed by atoms with Gasteiger partial charge in [0.1, 0.15) is 0 Å². The van der Waals surface area contributed by atoms with E-state index in [0.29, 0.717) is 0 Å². The van der Waals surface area contributed by atoms with Gasteiger partial charge in [0, 0.05) is 40.6 Å². The summed E-state index contributed by atoms with van der Waals surface area (Å²) in [5, 5.41) is 4.98. The van der Waals surface area contributed by atoms with E-state index in [4.69, 9.17) is 0 Å². The zero-order valence-electron chi connectivity index (χ0n) is 26.3. The largest absolute Gasteiger partial charge is 0.344 e. The fourth-order valence-corrected chi connectivity index (χ4v) is 6.66. The van der Waals surface area contributed by atoms with E-state index >= 15 is 0 Å². The molecule has 0 saturated heterocycles. The smallest absolute Gasteiger partial charge is 0.0567 e. The first-order chi connectivity index (χ1) is 23.2. The summed E-state index contributed by atoms with van der Waals surface area (Å²) in [5.74, 6) is 0. The molecule has 8 aromatic carbocycles. The van der Waals surface area contributed by atoms with E-state index in [2.05, 4.69) is 205 Å². The van der Waals surface area contributed by atoms with Gasteiger partial charge in [0.25, 0.3) is 0 Å². The Kier molecular flexibility index (Phi) is 7.45. The van der Waals surface area contributed by atoms with Crippen LogP contribution < -0.4 is 9.80 Å². The molecule has 0 aliphatic rings. The maximum Gasteiger partial charge on any atom is 0.0567 e. The topological polar surface area (TPSA) is 6.48 Å². The summed E-state index contributed by atoms with van der Waals surface area (Å²) in [6, 6.07) is 67.4. The second-order valence-corrected chi connectivity index (χ2v) is 11.9. The molecule has 0 heterocycles. The van der Waals surface area contributed by atoms with Crippen LogP contribution in [0.15, 0.2) is 188 Å². The van der Waals surface area contributed by atoms with Gasteiger partial charge in [-0.1, -0.05) is 133 Å². The minimum atomic E-state index is 1.10. The van der Waals surface area contributed by atoms with Gasteiger partial charge in [-0.25, -0.2) is 0 Å². The Morgan fingerprint density at radius 2 is 0.745 bits per heavy atom. The van der Waals surface area contributed by atoms with Crippen molar-refractivity contribution in [1.82, 2.24) is 0 Å². The fraction of sp³-hybridized carbons (Fsp3) is 0.0222. The Labute approximate surface area is 276 Å². The highest BCUT2D eigenvalue weighted by Gasteiger charge is 2.17. The maximum atomic E-state index is 2.36. The van der Waals surface area contributed by atoms with Gasteiger partial charge < -0.3 is 9.80 Å². The van der Waals surface area contributed by atoms with Gasteiger partial charge in [-0.3, -0.25) is 0 Å². The molecule has 2 heteroatoms. The van der Waals surface area contributed by atoms with E-state index in [1.807, 2.05) is 0 Å². The Balaban J connectivity index is 1.24. The van der Waals surface area contributed by atoms with E-state index < -0.39 is 0 Å². The van der Waals surface area contributed by atoms with Crippen LogP contribution >= 0.6 is 0 Å². The van der Waals surface area contributed by atoms with Gasteiger partial charge in [0.2, 0.25) is 0 Å². The lowest BCUT2D eigenvalue weighted by Crippen LogP contribution is -2.12. The molecule has 224 valence electrons. The third-order valence-corrected chi connectivity index (χ3v) is 9.00. The highest BCUT2D eigenvalue weighted by molar-refractivity contribution is 6.12. The Morgan fingerprint density at radius 3 is 1.26 bits per heavy atom. The van der Waals surface area contributed by atoms with Crippen LogP contribution in [-0.2, 0) is 0 Å². The normalized spacial score (nSPS) is 11.1. The number of fused-ring (bicyclic) bond motifs is 2. The van der Waals surface area contributed by atoms with Gasteiger partial charge >= 0.3 is 0 Å². The molecule has 0 spiro atoms. The first kappa shape index (κ1) is 28.4. The predicted molar refractivity (Wildman–Crippen MR) is 202 cm³/mol. The first-order valence-electron chi connectivity index (χ1n) is 16.1. The van der Waals surface area contributed by atoms with E-state index in [1.54, 1.807) is 0 Å². The molecule has 0 unspecified atom stereocenters. The molecular weight excluding hydrogens is 569 g/mol. The van der Waals surface area contributed by atoms with Crippen molar-refractivity contribution in [1.29, 1.82) is 0 Å². The van der Waals surface area contributed by atoms with Crippen LogP contribution in [0.3, 0.4) is 0 Å². The molecule has 0 atom stereocenters. The summed E-state index contributed by atoms with van der Waals surface area (Å²) in [4.78, 5) is 4.68. The van der Waals surface area contributed by atoms with E-state index in [0.717, 1.165) is 22.7 Å². The van der Waals surface area contributed by atoms with Crippen LogP contribution in [0.4, 0.5) is 28.4 Å². The predicted octanol–water partition coefficient (Wildman–Crippen LogP) is 12.6. The molecule has 0 aliphatic heterocycles. The molecule has 0 N–H and O–H groups in total. The molecule has 47 heavy (non-hydrogen) atoms. The third kappa shape index (κ3) is 5.51. The zero-order valence-corrected chi connectivity index (χ0v) is 26.3. The van der Waals surface area contributed by atoms with Crippen LogP contribution in [0.25, 0.3) is 43.8 Å². The average molecular weight is 603 g/mol. The van der Waals surface area contributed by atoms with Crippen molar-refractivity contribution in [2.24, 2.45) is 0 Å². The lowest BCUT2D eigenvalue weighted by atomic mass is 10.00. The fourth-order valence-electron chi connectivity index (χ4n) is 6.66. The van der Waals surface area contributed by atoms with Gasteiger partial charge in [0.05, 0.1) is 5.69 Å². The highest BCUT2D eigenvalue weighted by atomic mass is 15.1. The first-order valence-corrected chi connectivity index (χ1v) is 16.1. The number of benzene rings is 8. The average Bonchev–Trinajstić information content (AvgIpc) is 3.15. The van der Waals surface area contributed by atoms with E-state index in [-0.39, 0.29) is 0 Å². The summed E-state index contributed by atoms with van der Waals surface area (Å²) in [6.07, 6.45) is 0. The monoisotopic (exact) mass is 602 g/mol. The molecule has 0 aromatic heterocycles. The maximum absolute atomic E-state index is 2.36. The summed E-state index contributed by atoms with van der Waals surface area (Å²) in [5.41, 5.74) is 10.4. The van der Waals surface area contributed by atoms with Crippen molar-refractivity contribution in [2.75, 3.05) is 16.8 Å². The van der Waals surface area contributed by atoms with Crippen LogP contribution in [0.5, 0.6) is 0 Å². The van der Waals surface area contributed by atoms with Crippen LogP contribution in [0.2, 0.25) is 0 Å². The quantitative estimate of drug-likeness (QED) is 0.167. The number of nitrogens with zero attached hydrogens (tertiary/aromatic N) is 2. The van der Waals surface area contributed by atoms with Crippen LogP contribution in [-0.4, -0.2) is 7.05 Å². The summed E-state index contributed by atoms with van der Waals surface area (Å²) in [7, 11) is 2.17. The third-order valence-electron chi connectivity index (χ3n) is 9.00. The molecule has 0 amide bonds. The standard InChI is InChI=1S/C45H34N2/c1-46(45-43-24-10-8-18-37(43)30-38-19-9-11-25-44(38)45)39-26-28-40(29-27-39)47(41-22-12-20-35(31-41)33-14-4-2-5-15-33)42-23-13-21-36(32-42)34-16-6-3-7-17-34/h2-32H,1H3. The lowest BCUT2D eigenvalue weighted by Gasteiger charge is -2.28.